The summed E-state index contributed by atoms with van der Waals surface area (Å²) in [6.45, 7) is 8.38. The van der Waals surface area contributed by atoms with Crippen LogP contribution in [0.4, 0.5) is 5.82 Å². The second kappa shape index (κ2) is 5.40. The second-order valence-corrected chi connectivity index (χ2v) is 6.77. The Hall–Kier alpha value is -1.62. The van der Waals surface area contributed by atoms with Gasteiger partial charge in [0.05, 0.1) is 0 Å². The Morgan fingerprint density at radius 1 is 1.35 bits per heavy atom. The van der Waals surface area contributed by atoms with Crippen LogP contribution in [0.1, 0.15) is 56.6 Å². The largest absolute Gasteiger partial charge is 0.349 e. The van der Waals surface area contributed by atoms with Crippen molar-refractivity contribution < 1.29 is 4.79 Å². The number of nitrogens with zero attached hydrogens (tertiary/aromatic N) is 1. The number of hydrogen-bond donors (Lipinski definition) is 3. The summed E-state index contributed by atoms with van der Waals surface area (Å²) in [6.07, 6.45) is 2.12. The van der Waals surface area contributed by atoms with Crippen molar-refractivity contribution in [1.82, 2.24) is 10.3 Å². The van der Waals surface area contributed by atoms with Crippen LogP contribution in [0.3, 0.4) is 0 Å². The average Bonchev–Trinajstić information content (AvgIpc) is 2.35. The fraction of sp³-hybridized carbons (Fsp3) is 0.600. The predicted molar refractivity (Wildman–Crippen MR) is 80.4 cm³/mol. The van der Waals surface area contributed by atoms with Crippen molar-refractivity contribution in [3.8, 4) is 0 Å². The maximum absolute atomic E-state index is 12.3. The number of nitrogens with two attached hydrogens (primary N) is 1. The van der Waals surface area contributed by atoms with Gasteiger partial charge in [-0.15, -0.1) is 0 Å². The van der Waals surface area contributed by atoms with E-state index in [1.807, 2.05) is 6.07 Å². The standard InChI is InChI=1S/C15H24N4O/c1-9-5-11(6-9)17-14(20)10-7-12(15(2,3)4)18-13(8-10)19-16/h7-9,11H,5-6,16H2,1-4H3,(H,17,20)(H,18,19). The van der Waals surface area contributed by atoms with Gasteiger partial charge in [-0.25, -0.2) is 10.8 Å². The lowest BCUT2D eigenvalue weighted by molar-refractivity contribution is 0.0896. The third-order valence-electron chi connectivity index (χ3n) is 3.71. The van der Waals surface area contributed by atoms with Crippen molar-refractivity contribution in [1.29, 1.82) is 0 Å². The van der Waals surface area contributed by atoms with E-state index < -0.39 is 0 Å². The molecule has 0 bridgehead atoms. The molecule has 0 radical (unpaired) electrons. The summed E-state index contributed by atoms with van der Waals surface area (Å²) in [6, 6.07) is 3.84. The van der Waals surface area contributed by atoms with Gasteiger partial charge in [0.25, 0.3) is 5.91 Å². The first-order chi connectivity index (χ1) is 9.29. The molecular formula is C15H24N4O. The third kappa shape index (κ3) is 3.28. The van der Waals surface area contributed by atoms with Crippen LogP contribution in [-0.2, 0) is 5.41 Å². The molecule has 1 amide bonds. The Morgan fingerprint density at radius 2 is 2.00 bits per heavy atom. The minimum atomic E-state index is -0.132. The van der Waals surface area contributed by atoms with E-state index in [2.05, 4.69) is 43.4 Å². The van der Waals surface area contributed by atoms with Crippen LogP contribution in [0.5, 0.6) is 0 Å². The molecule has 5 nitrogen and oxygen atoms in total. The van der Waals surface area contributed by atoms with Gasteiger partial charge in [-0.3, -0.25) is 4.79 Å². The van der Waals surface area contributed by atoms with Gasteiger partial charge in [-0.2, -0.15) is 0 Å². The summed E-state index contributed by atoms with van der Waals surface area (Å²) in [4.78, 5) is 16.7. The molecule has 1 fully saturated rings. The average molecular weight is 276 g/mol. The first-order valence-electron chi connectivity index (χ1n) is 7.09. The summed E-state index contributed by atoms with van der Waals surface area (Å²) in [5, 5.41) is 3.06. The predicted octanol–water partition coefficient (Wildman–Crippen LogP) is 2.19. The number of nitrogen functional groups attached to an aromatic ring is 1. The summed E-state index contributed by atoms with van der Waals surface area (Å²) in [5.41, 5.74) is 3.86. The highest BCUT2D eigenvalue weighted by molar-refractivity contribution is 5.95. The molecule has 0 saturated heterocycles. The van der Waals surface area contributed by atoms with Gasteiger partial charge in [0.1, 0.15) is 5.82 Å². The number of carbonyl (C=O) groups excluding carboxylic acids is 1. The van der Waals surface area contributed by atoms with Crippen LogP contribution in [-0.4, -0.2) is 16.9 Å². The third-order valence-corrected chi connectivity index (χ3v) is 3.71. The fourth-order valence-corrected chi connectivity index (χ4v) is 2.41. The van der Waals surface area contributed by atoms with E-state index in [1.54, 1.807) is 6.07 Å². The van der Waals surface area contributed by atoms with E-state index in [0.717, 1.165) is 18.5 Å². The lowest BCUT2D eigenvalue weighted by Crippen LogP contribution is -2.43. The number of anilines is 1. The maximum Gasteiger partial charge on any atom is 0.251 e. The number of nitrogens with one attached hydrogen (secondary N) is 2. The van der Waals surface area contributed by atoms with Gasteiger partial charge >= 0.3 is 0 Å². The van der Waals surface area contributed by atoms with Gasteiger partial charge in [-0.05, 0) is 30.9 Å². The lowest BCUT2D eigenvalue weighted by Gasteiger charge is -2.33. The monoisotopic (exact) mass is 276 g/mol. The molecule has 2 rings (SSSR count). The summed E-state index contributed by atoms with van der Waals surface area (Å²) < 4.78 is 0. The van der Waals surface area contributed by atoms with E-state index >= 15 is 0 Å². The van der Waals surface area contributed by atoms with E-state index in [9.17, 15) is 4.79 Å². The zero-order chi connectivity index (χ0) is 14.9. The van der Waals surface area contributed by atoms with Crippen LogP contribution >= 0.6 is 0 Å². The number of hydrogen-bond acceptors (Lipinski definition) is 4. The molecule has 1 aliphatic rings. The Morgan fingerprint density at radius 3 is 2.50 bits per heavy atom. The van der Waals surface area contributed by atoms with Crippen molar-refractivity contribution in [3.05, 3.63) is 23.4 Å². The quantitative estimate of drug-likeness (QED) is 0.584. The molecule has 0 aliphatic heterocycles. The first-order valence-corrected chi connectivity index (χ1v) is 7.09. The van der Waals surface area contributed by atoms with Crippen molar-refractivity contribution in [2.45, 2.75) is 52.0 Å². The minimum Gasteiger partial charge on any atom is -0.349 e. The highest BCUT2D eigenvalue weighted by Crippen LogP contribution is 2.27. The first kappa shape index (κ1) is 14.8. The lowest BCUT2D eigenvalue weighted by atomic mass is 9.82. The molecule has 1 heterocycles. The molecule has 4 N–H and O–H groups in total. The molecule has 1 aliphatic carbocycles. The molecule has 5 heteroatoms. The molecule has 110 valence electrons. The number of hydrazine groups is 1. The number of carbonyl (C=O) groups is 1. The van der Waals surface area contributed by atoms with Crippen LogP contribution in [0.25, 0.3) is 0 Å². The maximum atomic E-state index is 12.3. The second-order valence-electron chi connectivity index (χ2n) is 6.77. The Balaban J connectivity index is 2.19. The molecule has 0 aromatic carbocycles. The normalized spacial score (nSPS) is 22.1. The number of pyridine rings is 1. The zero-order valence-electron chi connectivity index (χ0n) is 12.7. The SMILES string of the molecule is CC1CC(NC(=O)c2cc(NN)nc(C(C)(C)C)c2)C1. The van der Waals surface area contributed by atoms with Crippen LogP contribution in [0.15, 0.2) is 12.1 Å². The molecule has 0 unspecified atom stereocenters. The van der Waals surface area contributed by atoms with Crippen LogP contribution in [0.2, 0.25) is 0 Å². The fourth-order valence-electron chi connectivity index (χ4n) is 2.41. The Bertz CT molecular complexity index is 501. The van der Waals surface area contributed by atoms with Gasteiger partial charge in [0.2, 0.25) is 0 Å². The Kier molecular flexibility index (Phi) is 3.99. The minimum absolute atomic E-state index is 0.0497. The summed E-state index contributed by atoms with van der Waals surface area (Å²) >= 11 is 0. The van der Waals surface area contributed by atoms with Gasteiger partial charge in [0, 0.05) is 22.7 Å². The van der Waals surface area contributed by atoms with Crippen LogP contribution < -0.4 is 16.6 Å². The van der Waals surface area contributed by atoms with E-state index in [1.165, 1.54) is 0 Å². The van der Waals surface area contributed by atoms with Gasteiger partial charge in [-0.1, -0.05) is 27.7 Å². The van der Waals surface area contributed by atoms with E-state index in [4.69, 9.17) is 5.84 Å². The number of aromatic nitrogens is 1. The van der Waals surface area contributed by atoms with Gasteiger partial charge < -0.3 is 10.7 Å². The van der Waals surface area contributed by atoms with E-state index in [-0.39, 0.29) is 11.3 Å². The van der Waals surface area contributed by atoms with Gasteiger partial charge in [0.15, 0.2) is 0 Å². The van der Waals surface area contributed by atoms with Crippen molar-refractivity contribution in [3.63, 3.8) is 0 Å². The van der Waals surface area contributed by atoms with Crippen molar-refractivity contribution in [2.75, 3.05) is 5.43 Å². The molecule has 20 heavy (non-hydrogen) atoms. The van der Waals surface area contributed by atoms with E-state index in [0.29, 0.717) is 23.3 Å². The smallest absolute Gasteiger partial charge is 0.251 e. The molecule has 1 saturated carbocycles. The molecule has 0 spiro atoms. The van der Waals surface area contributed by atoms with Crippen molar-refractivity contribution >= 4 is 11.7 Å². The Labute approximate surface area is 120 Å². The van der Waals surface area contributed by atoms with Crippen LogP contribution in [0, 0.1) is 5.92 Å². The molecule has 0 atom stereocenters. The topological polar surface area (TPSA) is 80.0 Å². The zero-order valence-corrected chi connectivity index (χ0v) is 12.7. The summed E-state index contributed by atoms with van der Waals surface area (Å²) in [7, 11) is 0. The molecule has 1 aromatic rings. The summed E-state index contributed by atoms with van der Waals surface area (Å²) in [5.74, 6) is 6.62. The molecular weight excluding hydrogens is 252 g/mol. The number of amides is 1. The highest BCUT2D eigenvalue weighted by Gasteiger charge is 2.27. The van der Waals surface area contributed by atoms with Crippen molar-refractivity contribution in [2.24, 2.45) is 11.8 Å². The highest BCUT2D eigenvalue weighted by atomic mass is 16.1. The molecule has 1 aromatic heterocycles. The number of rotatable bonds is 3.